The van der Waals surface area contributed by atoms with Crippen LogP contribution in [-0.4, -0.2) is 10.9 Å². The zero-order chi connectivity index (χ0) is 20.0. The Kier molecular flexibility index (Phi) is 4.26. The maximum atomic E-state index is 12.6. The molecule has 1 aromatic carbocycles. The minimum absolute atomic E-state index is 0.0822. The lowest BCUT2D eigenvalue weighted by atomic mass is 9.99. The van der Waals surface area contributed by atoms with E-state index in [-0.39, 0.29) is 12.3 Å². The molecule has 1 amide bonds. The SMILES string of the molecule is Cc1oc2c(C)c3oc(=O)c(CC(=O)Nc4ccccn4)c(C)c3cc2c1C. The first-order valence-electron chi connectivity index (χ1n) is 9.03. The molecule has 3 aromatic heterocycles. The number of furan rings is 1. The highest BCUT2D eigenvalue weighted by molar-refractivity contribution is 6.00. The molecule has 6 heteroatoms. The molecular weight excluding hydrogens is 356 g/mol. The summed E-state index contributed by atoms with van der Waals surface area (Å²) in [5.41, 5.74) is 3.64. The van der Waals surface area contributed by atoms with E-state index < -0.39 is 5.63 Å². The van der Waals surface area contributed by atoms with Crippen LogP contribution in [0.25, 0.3) is 21.9 Å². The van der Waals surface area contributed by atoms with Crippen molar-refractivity contribution in [3.63, 3.8) is 0 Å². The molecule has 0 saturated carbocycles. The molecule has 6 nitrogen and oxygen atoms in total. The van der Waals surface area contributed by atoms with Crippen molar-refractivity contribution in [2.45, 2.75) is 34.1 Å². The second-order valence-electron chi connectivity index (χ2n) is 6.97. The normalized spacial score (nSPS) is 11.3. The molecule has 0 radical (unpaired) electrons. The van der Waals surface area contributed by atoms with Gasteiger partial charge in [-0.3, -0.25) is 4.79 Å². The predicted molar refractivity (Wildman–Crippen MR) is 108 cm³/mol. The number of anilines is 1. The van der Waals surface area contributed by atoms with Crippen LogP contribution < -0.4 is 10.9 Å². The van der Waals surface area contributed by atoms with Crippen molar-refractivity contribution in [3.05, 3.63) is 68.9 Å². The molecule has 0 unspecified atom stereocenters. The van der Waals surface area contributed by atoms with E-state index in [1.54, 1.807) is 24.4 Å². The first-order chi connectivity index (χ1) is 13.4. The van der Waals surface area contributed by atoms with E-state index in [0.717, 1.165) is 38.8 Å². The van der Waals surface area contributed by atoms with Gasteiger partial charge in [0.1, 0.15) is 22.7 Å². The summed E-state index contributed by atoms with van der Waals surface area (Å²) in [5, 5.41) is 4.50. The van der Waals surface area contributed by atoms with Gasteiger partial charge in [0.2, 0.25) is 5.91 Å². The molecule has 0 fully saturated rings. The summed E-state index contributed by atoms with van der Waals surface area (Å²) in [4.78, 5) is 29.1. The molecule has 0 aliphatic rings. The number of fused-ring (bicyclic) bond motifs is 2. The highest BCUT2D eigenvalue weighted by Gasteiger charge is 2.20. The van der Waals surface area contributed by atoms with Gasteiger partial charge in [0.15, 0.2) is 0 Å². The smallest absolute Gasteiger partial charge is 0.340 e. The van der Waals surface area contributed by atoms with Gasteiger partial charge in [0.25, 0.3) is 0 Å². The molecule has 0 atom stereocenters. The van der Waals surface area contributed by atoms with Crippen LogP contribution in [0.4, 0.5) is 5.82 Å². The third-order valence-electron chi connectivity index (χ3n) is 5.21. The lowest BCUT2D eigenvalue weighted by Crippen LogP contribution is -2.21. The maximum Gasteiger partial charge on any atom is 0.340 e. The van der Waals surface area contributed by atoms with E-state index in [1.165, 1.54) is 0 Å². The van der Waals surface area contributed by atoms with E-state index in [4.69, 9.17) is 8.83 Å². The van der Waals surface area contributed by atoms with Gasteiger partial charge in [-0.25, -0.2) is 9.78 Å². The number of hydrogen-bond acceptors (Lipinski definition) is 5. The Labute approximate surface area is 161 Å². The Hall–Kier alpha value is -3.41. The molecule has 0 bridgehead atoms. The number of hydrogen-bond donors (Lipinski definition) is 1. The Morgan fingerprint density at radius 2 is 1.71 bits per heavy atom. The predicted octanol–water partition coefficient (Wildman–Crippen LogP) is 4.35. The first-order valence-corrected chi connectivity index (χ1v) is 9.03. The van der Waals surface area contributed by atoms with Gasteiger partial charge >= 0.3 is 5.63 Å². The number of amides is 1. The van der Waals surface area contributed by atoms with Gasteiger partial charge in [-0.1, -0.05) is 6.07 Å². The number of aryl methyl sites for hydroxylation is 4. The Morgan fingerprint density at radius 3 is 2.43 bits per heavy atom. The van der Waals surface area contributed by atoms with Crippen LogP contribution in [0.3, 0.4) is 0 Å². The largest absolute Gasteiger partial charge is 0.461 e. The zero-order valence-corrected chi connectivity index (χ0v) is 16.2. The highest BCUT2D eigenvalue weighted by Crippen LogP contribution is 2.34. The number of nitrogens with one attached hydrogen (secondary N) is 1. The average molecular weight is 376 g/mol. The number of pyridine rings is 1. The van der Waals surface area contributed by atoms with Crippen LogP contribution in [-0.2, 0) is 11.2 Å². The van der Waals surface area contributed by atoms with Crippen molar-refractivity contribution in [3.8, 4) is 0 Å². The summed E-state index contributed by atoms with van der Waals surface area (Å²) < 4.78 is 11.4. The third-order valence-corrected chi connectivity index (χ3v) is 5.21. The van der Waals surface area contributed by atoms with Gasteiger partial charge in [-0.2, -0.15) is 0 Å². The average Bonchev–Trinajstić information content (AvgIpc) is 2.96. The molecule has 0 saturated heterocycles. The van der Waals surface area contributed by atoms with E-state index in [0.29, 0.717) is 17.0 Å². The van der Waals surface area contributed by atoms with Crippen molar-refractivity contribution in [1.29, 1.82) is 0 Å². The summed E-state index contributed by atoms with van der Waals surface area (Å²) in [6, 6.07) is 7.21. The Morgan fingerprint density at radius 1 is 1.00 bits per heavy atom. The maximum absolute atomic E-state index is 12.6. The molecule has 0 aliphatic heterocycles. The van der Waals surface area contributed by atoms with Crippen LogP contribution in [0.1, 0.15) is 28.0 Å². The Bertz CT molecular complexity index is 1280. The van der Waals surface area contributed by atoms with Gasteiger partial charge in [-0.15, -0.1) is 0 Å². The fourth-order valence-corrected chi connectivity index (χ4v) is 3.48. The molecule has 3 heterocycles. The van der Waals surface area contributed by atoms with Crippen LogP contribution in [0, 0.1) is 27.7 Å². The van der Waals surface area contributed by atoms with E-state index >= 15 is 0 Å². The molecule has 0 spiro atoms. The monoisotopic (exact) mass is 376 g/mol. The quantitative estimate of drug-likeness (QED) is 0.537. The minimum Gasteiger partial charge on any atom is -0.461 e. The lowest BCUT2D eigenvalue weighted by Gasteiger charge is -2.10. The number of rotatable bonds is 3. The second kappa shape index (κ2) is 6.64. The van der Waals surface area contributed by atoms with Crippen molar-refractivity contribution in [1.82, 2.24) is 4.98 Å². The third kappa shape index (κ3) is 2.87. The highest BCUT2D eigenvalue weighted by atomic mass is 16.4. The van der Waals surface area contributed by atoms with E-state index in [9.17, 15) is 9.59 Å². The first kappa shape index (κ1) is 18.0. The standard InChI is InChI=1S/C22H20N2O4/c1-11-14(4)27-20-13(3)21-16(9-15(11)20)12(2)17(22(26)28-21)10-19(25)24-18-7-5-6-8-23-18/h5-9H,10H2,1-4H3,(H,23,24,25). The number of aromatic nitrogens is 1. The van der Waals surface area contributed by atoms with Gasteiger partial charge in [-0.05, 0) is 57.0 Å². The van der Waals surface area contributed by atoms with Crippen LogP contribution >= 0.6 is 0 Å². The molecule has 4 rings (SSSR count). The fraction of sp³-hybridized carbons (Fsp3) is 0.227. The lowest BCUT2D eigenvalue weighted by molar-refractivity contribution is -0.115. The summed E-state index contributed by atoms with van der Waals surface area (Å²) in [7, 11) is 0. The molecule has 28 heavy (non-hydrogen) atoms. The van der Waals surface area contributed by atoms with Crippen molar-refractivity contribution < 1.29 is 13.6 Å². The van der Waals surface area contributed by atoms with Gasteiger partial charge in [0, 0.05) is 22.5 Å². The molecule has 142 valence electrons. The second-order valence-corrected chi connectivity index (χ2v) is 6.97. The number of carbonyl (C=O) groups excluding carboxylic acids is 1. The van der Waals surface area contributed by atoms with Gasteiger partial charge in [0.05, 0.1) is 12.0 Å². The van der Waals surface area contributed by atoms with E-state index in [2.05, 4.69) is 10.3 Å². The summed E-state index contributed by atoms with van der Waals surface area (Å²) in [5.74, 6) is 0.960. The summed E-state index contributed by atoms with van der Waals surface area (Å²) >= 11 is 0. The van der Waals surface area contributed by atoms with Gasteiger partial charge < -0.3 is 14.2 Å². The van der Waals surface area contributed by atoms with Crippen molar-refractivity contribution >= 4 is 33.7 Å². The van der Waals surface area contributed by atoms with E-state index in [1.807, 2.05) is 33.8 Å². The zero-order valence-electron chi connectivity index (χ0n) is 16.2. The molecule has 0 aliphatic carbocycles. The number of benzene rings is 1. The molecule has 1 N–H and O–H groups in total. The summed E-state index contributed by atoms with van der Waals surface area (Å²) in [6.07, 6.45) is 1.51. The fourth-order valence-electron chi connectivity index (χ4n) is 3.48. The number of carbonyl (C=O) groups is 1. The minimum atomic E-state index is -0.511. The molecular formula is C22H20N2O4. The number of nitrogens with zero attached hydrogens (tertiary/aromatic N) is 1. The van der Waals surface area contributed by atoms with Crippen LogP contribution in [0.15, 0.2) is 44.1 Å². The Balaban J connectivity index is 1.81. The topological polar surface area (TPSA) is 85.3 Å². The van der Waals surface area contributed by atoms with Crippen molar-refractivity contribution in [2.24, 2.45) is 0 Å². The van der Waals surface area contributed by atoms with Crippen LogP contribution in [0.2, 0.25) is 0 Å². The van der Waals surface area contributed by atoms with Crippen molar-refractivity contribution in [2.75, 3.05) is 5.32 Å². The summed E-state index contributed by atoms with van der Waals surface area (Å²) in [6.45, 7) is 7.64. The van der Waals surface area contributed by atoms with Crippen LogP contribution in [0.5, 0.6) is 0 Å². The molecule has 4 aromatic rings.